The van der Waals surface area contributed by atoms with Crippen LogP contribution in [0.2, 0.25) is 0 Å². The van der Waals surface area contributed by atoms with Gasteiger partial charge in [0.05, 0.1) is 6.61 Å². The molecular weight excluding hydrogens is 438 g/mol. The van der Waals surface area contributed by atoms with Crippen molar-refractivity contribution in [1.29, 1.82) is 0 Å². The first kappa shape index (κ1) is 28.5. The third kappa shape index (κ3) is 10.2. The minimum atomic E-state index is -0.182. The number of unbranched alkanes of at least 4 members (excludes halogenated alkanes) is 1. The number of aryl methyl sites for hydroxylation is 1. The number of carbonyl (C=O) groups is 2. The summed E-state index contributed by atoms with van der Waals surface area (Å²) in [7, 11) is 1.64. The second kappa shape index (κ2) is 16.8. The number of urea groups is 1. The highest BCUT2D eigenvalue weighted by Gasteiger charge is 2.27. The fourth-order valence-electron chi connectivity index (χ4n) is 4.21. The Hall–Kier alpha value is -2.70. The Morgan fingerprint density at radius 3 is 2.11 bits per heavy atom. The lowest BCUT2D eigenvalue weighted by atomic mass is 10.1. The number of benzene rings is 2. The van der Waals surface area contributed by atoms with E-state index in [1.54, 1.807) is 12.0 Å². The van der Waals surface area contributed by atoms with Crippen LogP contribution in [0.1, 0.15) is 50.7 Å². The number of methoxy groups -OCH3 is 1. The molecule has 0 atom stereocenters. The zero-order valence-corrected chi connectivity index (χ0v) is 21.8. The summed E-state index contributed by atoms with van der Waals surface area (Å²) in [6, 6.07) is 20.5. The van der Waals surface area contributed by atoms with Gasteiger partial charge in [-0.05, 0) is 43.4 Å². The van der Waals surface area contributed by atoms with E-state index in [1.807, 2.05) is 50.2 Å². The van der Waals surface area contributed by atoms with Crippen molar-refractivity contribution in [1.82, 2.24) is 14.7 Å². The van der Waals surface area contributed by atoms with Gasteiger partial charge in [-0.25, -0.2) is 4.79 Å². The molecule has 1 aliphatic rings. The standard InChI is InChI=1S/C27H37N3O3.C2H6/c1-33-22-21-29-20-19-28(23-25-14-6-3-7-15-25)17-10-16-26(31)30(27(29)32)18-9-8-13-24-11-4-2-5-12-24;1-2/h2-7,11-12,14-15H,8-10,13,16-23H2,1H3;1-2H3. The zero-order chi connectivity index (χ0) is 25.3. The lowest BCUT2D eigenvalue weighted by Gasteiger charge is -2.33. The maximum atomic E-state index is 13.4. The number of nitrogens with zero attached hydrogens (tertiary/aromatic N) is 3. The van der Waals surface area contributed by atoms with Gasteiger partial charge in [-0.3, -0.25) is 14.6 Å². The summed E-state index contributed by atoms with van der Waals surface area (Å²) in [6.07, 6.45) is 3.87. The highest BCUT2D eigenvalue weighted by Crippen LogP contribution is 2.13. The van der Waals surface area contributed by atoms with E-state index in [9.17, 15) is 9.59 Å². The summed E-state index contributed by atoms with van der Waals surface area (Å²) in [5.41, 5.74) is 2.53. The molecule has 2 aromatic carbocycles. The van der Waals surface area contributed by atoms with Gasteiger partial charge in [0.2, 0.25) is 5.91 Å². The van der Waals surface area contributed by atoms with E-state index in [4.69, 9.17) is 4.74 Å². The zero-order valence-electron chi connectivity index (χ0n) is 21.8. The van der Waals surface area contributed by atoms with Gasteiger partial charge in [-0.15, -0.1) is 0 Å². The average molecular weight is 482 g/mol. The Morgan fingerprint density at radius 1 is 0.800 bits per heavy atom. The van der Waals surface area contributed by atoms with E-state index in [0.717, 1.165) is 45.3 Å². The summed E-state index contributed by atoms with van der Waals surface area (Å²) in [6.45, 7) is 8.45. The molecule has 3 rings (SSSR count). The van der Waals surface area contributed by atoms with Gasteiger partial charge in [-0.1, -0.05) is 74.5 Å². The van der Waals surface area contributed by atoms with E-state index >= 15 is 0 Å². The van der Waals surface area contributed by atoms with Crippen LogP contribution >= 0.6 is 0 Å². The molecule has 0 N–H and O–H groups in total. The fraction of sp³-hybridized carbons (Fsp3) is 0.517. The quantitative estimate of drug-likeness (QED) is 0.436. The molecule has 0 aliphatic carbocycles. The molecular formula is C29H43N3O3. The van der Waals surface area contributed by atoms with Crippen molar-refractivity contribution in [3.05, 3.63) is 71.8 Å². The highest BCUT2D eigenvalue weighted by atomic mass is 16.5. The van der Waals surface area contributed by atoms with Crippen molar-refractivity contribution in [3.8, 4) is 0 Å². The summed E-state index contributed by atoms with van der Waals surface area (Å²) in [5, 5.41) is 0. The molecule has 2 aromatic rings. The molecule has 192 valence electrons. The van der Waals surface area contributed by atoms with Crippen LogP contribution in [0, 0.1) is 0 Å². The number of hydrogen-bond donors (Lipinski definition) is 0. The van der Waals surface area contributed by atoms with Crippen molar-refractivity contribution >= 4 is 11.9 Å². The molecule has 1 heterocycles. The van der Waals surface area contributed by atoms with Crippen molar-refractivity contribution in [3.63, 3.8) is 0 Å². The largest absolute Gasteiger partial charge is 0.383 e. The molecule has 3 amide bonds. The van der Waals surface area contributed by atoms with Crippen molar-refractivity contribution in [2.75, 3.05) is 46.4 Å². The number of carbonyl (C=O) groups excluding carboxylic acids is 2. The SMILES string of the molecule is CC.COCCN1CCN(Cc2ccccc2)CCCC(=O)N(CCCCc2ccccc2)C1=O. The maximum absolute atomic E-state index is 13.4. The van der Waals surface area contributed by atoms with E-state index in [-0.39, 0.29) is 11.9 Å². The lowest BCUT2D eigenvalue weighted by Crippen LogP contribution is -2.50. The second-order valence-electron chi connectivity index (χ2n) is 8.62. The summed E-state index contributed by atoms with van der Waals surface area (Å²) in [4.78, 5) is 32.0. The van der Waals surface area contributed by atoms with Crippen LogP contribution in [0.5, 0.6) is 0 Å². The minimum absolute atomic E-state index is 0.0660. The van der Waals surface area contributed by atoms with Crippen LogP contribution in [0.25, 0.3) is 0 Å². The van der Waals surface area contributed by atoms with Crippen LogP contribution in [0.15, 0.2) is 60.7 Å². The van der Waals surface area contributed by atoms with Crippen LogP contribution in [-0.4, -0.2) is 73.1 Å². The normalized spacial score (nSPS) is 15.5. The smallest absolute Gasteiger partial charge is 0.326 e. The van der Waals surface area contributed by atoms with Crippen LogP contribution in [0.3, 0.4) is 0 Å². The van der Waals surface area contributed by atoms with E-state index < -0.39 is 0 Å². The third-order valence-electron chi connectivity index (χ3n) is 6.11. The Kier molecular flexibility index (Phi) is 13.7. The van der Waals surface area contributed by atoms with Gasteiger partial charge in [0.25, 0.3) is 0 Å². The third-order valence-corrected chi connectivity index (χ3v) is 6.11. The molecule has 35 heavy (non-hydrogen) atoms. The molecule has 1 aliphatic heterocycles. The number of amides is 3. The predicted molar refractivity (Wildman–Crippen MR) is 142 cm³/mol. The Balaban J connectivity index is 0.00000210. The van der Waals surface area contributed by atoms with E-state index in [0.29, 0.717) is 32.7 Å². The second-order valence-corrected chi connectivity index (χ2v) is 8.62. The monoisotopic (exact) mass is 481 g/mol. The molecule has 0 saturated carbocycles. The van der Waals surface area contributed by atoms with Gasteiger partial charge in [-0.2, -0.15) is 0 Å². The van der Waals surface area contributed by atoms with E-state index in [1.165, 1.54) is 16.0 Å². The molecule has 0 spiro atoms. The number of ether oxygens (including phenoxy) is 1. The molecule has 6 nitrogen and oxygen atoms in total. The lowest BCUT2D eigenvalue weighted by molar-refractivity contribution is -0.129. The highest BCUT2D eigenvalue weighted by molar-refractivity contribution is 5.94. The van der Waals surface area contributed by atoms with Gasteiger partial charge in [0.1, 0.15) is 0 Å². The minimum Gasteiger partial charge on any atom is -0.383 e. The average Bonchev–Trinajstić information content (AvgIpc) is 2.90. The van der Waals surface area contributed by atoms with Crippen molar-refractivity contribution < 1.29 is 14.3 Å². The first-order chi connectivity index (χ1) is 17.2. The van der Waals surface area contributed by atoms with Crippen molar-refractivity contribution in [2.45, 2.75) is 52.5 Å². The molecule has 0 unspecified atom stereocenters. The predicted octanol–water partition coefficient (Wildman–Crippen LogP) is 5.23. The van der Waals surface area contributed by atoms with E-state index in [2.05, 4.69) is 29.2 Å². The summed E-state index contributed by atoms with van der Waals surface area (Å²) >= 11 is 0. The molecule has 1 saturated heterocycles. The number of imide groups is 1. The molecule has 0 bridgehead atoms. The van der Waals surface area contributed by atoms with Crippen LogP contribution in [0.4, 0.5) is 4.79 Å². The van der Waals surface area contributed by atoms with Gasteiger partial charge in [0.15, 0.2) is 0 Å². The molecule has 1 fully saturated rings. The topological polar surface area (TPSA) is 53.1 Å². The number of rotatable bonds is 10. The maximum Gasteiger partial charge on any atom is 0.326 e. The Labute approximate surface area is 211 Å². The molecule has 6 heteroatoms. The number of hydrogen-bond acceptors (Lipinski definition) is 4. The van der Waals surface area contributed by atoms with Gasteiger partial charge >= 0.3 is 6.03 Å². The fourth-order valence-corrected chi connectivity index (χ4v) is 4.21. The first-order valence-corrected chi connectivity index (χ1v) is 13.1. The van der Waals surface area contributed by atoms with Gasteiger partial charge in [0, 0.05) is 46.3 Å². The van der Waals surface area contributed by atoms with Crippen molar-refractivity contribution in [2.24, 2.45) is 0 Å². The molecule has 0 radical (unpaired) electrons. The Bertz CT molecular complexity index is 845. The summed E-state index contributed by atoms with van der Waals surface area (Å²) < 4.78 is 5.24. The summed E-state index contributed by atoms with van der Waals surface area (Å²) in [5.74, 6) is -0.0660. The first-order valence-electron chi connectivity index (χ1n) is 13.1. The Morgan fingerprint density at radius 2 is 1.46 bits per heavy atom. The molecule has 0 aromatic heterocycles. The van der Waals surface area contributed by atoms with Crippen LogP contribution < -0.4 is 0 Å². The van der Waals surface area contributed by atoms with Gasteiger partial charge < -0.3 is 9.64 Å². The van der Waals surface area contributed by atoms with Crippen LogP contribution in [-0.2, 0) is 22.5 Å².